The van der Waals surface area contributed by atoms with Gasteiger partial charge in [-0.25, -0.2) is 0 Å². The second kappa shape index (κ2) is 7.58. The summed E-state index contributed by atoms with van der Waals surface area (Å²) in [5, 5.41) is 12.8. The number of hydrogen-bond acceptors (Lipinski definition) is 4. The monoisotopic (exact) mass is 263 g/mol. The van der Waals surface area contributed by atoms with Crippen molar-refractivity contribution in [1.29, 1.82) is 0 Å². The zero-order valence-corrected chi connectivity index (χ0v) is 11.8. The van der Waals surface area contributed by atoms with Crippen molar-refractivity contribution in [3.05, 3.63) is 30.1 Å². The first-order valence-electron chi connectivity index (χ1n) is 7.27. The van der Waals surface area contributed by atoms with E-state index in [1.54, 1.807) is 0 Å². The molecule has 0 bridgehead atoms. The second-order valence-corrected chi connectivity index (χ2v) is 5.50. The summed E-state index contributed by atoms with van der Waals surface area (Å²) in [6.07, 6.45) is 6.81. The lowest BCUT2D eigenvalue weighted by Crippen LogP contribution is -2.42. The van der Waals surface area contributed by atoms with Crippen LogP contribution in [0.1, 0.15) is 31.7 Å². The quantitative estimate of drug-likeness (QED) is 0.814. The smallest absolute Gasteiger partial charge is 0.0524 e. The fourth-order valence-electron chi connectivity index (χ4n) is 2.54. The van der Waals surface area contributed by atoms with Gasteiger partial charge in [-0.1, -0.05) is 6.07 Å². The van der Waals surface area contributed by atoms with Crippen molar-refractivity contribution in [2.75, 3.05) is 19.6 Å². The highest BCUT2D eigenvalue weighted by molar-refractivity contribution is 5.08. The lowest BCUT2D eigenvalue weighted by molar-refractivity contribution is 0.168. The van der Waals surface area contributed by atoms with E-state index in [4.69, 9.17) is 0 Å². The van der Waals surface area contributed by atoms with Crippen LogP contribution < -0.4 is 5.32 Å². The van der Waals surface area contributed by atoms with Crippen molar-refractivity contribution in [2.24, 2.45) is 0 Å². The van der Waals surface area contributed by atoms with Gasteiger partial charge in [0.05, 0.1) is 6.10 Å². The van der Waals surface area contributed by atoms with E-state index in [1.807, 2.05) is 25.4 Å². The molecule has 1 aromatic rings. The van der Waals surface area contributed by atoms with Crippen LogP contribution in [0.25, 0.3) is 0 Å². The maximum Gasteiger partial charge on any atom is 0.0524 e. The topological polar surface area (TPSA) is 48.4 Å². The number of likely N-dealkylation sites (tertiary alicyclic amines) is 1. The van der Waals surface area contributed by atoms with Crippen molar-refractivity contribution in [3.63, 3.8) is 0 Å². The minimum Gasteiger partial charge on any atom is -0.393 e. The fraction of sp³-hybridized carbons (Fsp3) is 0.667. The third-order valence-corrected chi connectivity index (χ3v) is 3.71. The summed E-state index contributed by atoms with van der Waals surface area (Å²) in [7, 11) is 0. The van der Waals surface area contributed by atoms with E-state index < -0.39 is 0 Å². The minimum atomic E-state index is -0.196. The van der Waals surface area contributed by atoms with Gasteiger partial charge in [-0.3, -0.25) is 9.88 Å². The summed E-state index contributed by atoms with van der Waals surface area (Å²) in [5.74, 6) is 0. The first kappa shape index (κ1) is 14.4. The van der Waals surface area contributed by atoms with Gasteiger partial charge in [-0.2, -0.15) is 0 Å². The van der Waals surface area contributed by atoms with Crippen LogP contribution in [0.5, 0.6) is 0 Å². The molecule has 2 heterocycles. The number of aliphatic hydroxyl groups is 1. The van der Waals surface area contributed by atoms with Gasteiger partial charge in [-0.15, -0.1) is 0 Å². The molecule has 1 saturated heterocycles. The summed E-state index contributed by atoms with van der Waals surface area (Å²) in [5.41, 5.74) is 1.29. The Morgan fingerprint density at radius 1 is 1.47 bits per heavy atom. The van der Waals surface area contributed by atoms with E-state index in [0.717, 1.165) is 32.6 Å². The van der Waals surface area contributed by atoms with E-state index >= 15 is 0 Å². The van der Waals surface area contributed by atoms with Crippen molar-refractivity contribution < 1.29 is 5.11 Å². The first-order chi connectivity index (χ1) is 9.24. The number of nitrogens with zero attached hydrogens (tertiary/aromatic N) is 2. The lowest BCUT2D eigenvalue weighted by Gasteiger charge is -2.32. The molecule has 2 rings (SSSR count). The molecule has 0 amide bonds. The fourth-order valence-corrected chi connectivity index (χ4v) is 2.54. The number of rotatable bonds is 6. The Labute approximate surface area is 115 Å². The SMILES string of the molecule is CC(O)CCNC1CCN(Cc2cccnc2)CC1. The number of aromatic nitrogens is 1. The van der Waals surface area contributed by atoms with Gasteiger partial charge in [-0.05, 0) is 57.5 Å². The van der Waals surface area contributed by atoms with Gasteiger partial charge >= 0.3 is 0 Å². The standard InChI is InChI=1S/C15H25N3O/c1-13(19)4-8-17-15-5-9-18(10-6-15)12-14-3-2-7-16-11-14/h2-3,7,11,13,15,17,19H,4-6,8-10,12H2,1H3. The lowest BCUT2D eigenvalue weighted by atomic mass is 10.0. The zero-order valence-electron chi connectivity index (χ0n) is 11.8. The maximum atomic E-state index is 9.23. The van der Waals surface area contributed by atoms with Crippen LogP contribution in [-0.4, -0.2) is 46.8 Å². The Morgan fingerprint density at radius 3 is 2.89 bits per heavy atom. The molecule has 2 N–H and O–H groups in total. The third kappa shape index (κ3) is 5.27. The highest BCUT2D eigenvalue weighted by Crippen LogP contribution is 2.13. The molecular weight excluding hydrogens is 238 g/mol. The van der Waals surface area contributed by atoms with Crippen molar-refractivity contribution in [2.45, 2.75) is 44.9 Å². The van der Waals surface area contributed by atoms with Crippen molar-refractivity contribution in [1.82, 2.24) is 15.2 Å². The molecule has 106 valence electrons. The first-order valence-corrected chi connectivity index (χ1v) is 7.27. The summed E-state index contributed by atoms with van der Waals surface area (Å²) in [4.78, 5) is 6.65. The van der Waals surface area contributed by atoms with Crippen LogP contribution in [0.4, 0.5) is 0 Å². The molecule has 1 aromatic heterocycles. The van der Waals surface area contributed by atoms with Gasteiger partial charge in [0.1, 0.15) is 0 Å². The van der Waals surface area contributed by atoms with Gasteiger partial charge in [0.15, 0.2) is 0 Å². The normalized spacial score (nSPS) is 19.5. The molecule has 1 aliphatic heterocycles. The molecule has 4 heteroatoms. The van der Waals surface area contributed by atoms with E-state index in [0.29, 0.717) is 6.04 Å². The average molecular weight is 263 g/mol. The highest BCUT2D eigenvalue weighted by Gasteiger charge is 2.18. The number of aliphatic hydroxyl groups excluding tert-OH is 1. The Kier molecular flexibility index (Phi) is 5.76. The minimum absolute atomic E-state index is 0.196. The number of nitrogens with one attached hydrogen (secondary N) is 1. The zero-order chi connectivity index (χ0) is 13.5. The van der Waals surface area contributed by atoms with Crippen LogP contribution >= 0.6 is 0 Å². The van der Waals surface area contributed by atoms with E-state index in [2.05, 4.69) is 21.3 Å². The molecule has 1 fully saturated rings. The van der Waals surface area contributed by atoms with Crippen LogP contribution in [0.15, 0.2) is 24.5 Å². The third-order valence-electron chi connectivity index (χ3n) is 3.71. The number of pyridine rings is 1. The molecule has 0 aromatic carbocycles. The summed E-state index contributed by atoms with van der Waals surface area (Å²) >= 11 is 0. The van der Waals surface area contributed by atoms with Gasteiger partial charge in [0, 0.05) is 25.0 Å². The molecule has 19 heavy (non-hydrogen) atoms. The Morgan fingerprint density at radius 2 is 2.26 bits per heavy atom. The molecule has 1 atom stereocenters. The largest absolute Gasteiger partial charge is 0.393 e. The highest BCUT2D eigenvalue weighted by atomic mass is 16.3. The summed E-state index contributed by atoms with van der Waals surface area (Å²) in [6.45, 7) is 6.06. The van der Waals surface area contributed by atoms with E-state index in [1.165, 1.54) is 18.4 Å². The van der Waals surface area contributed by atoms with Gasteiger partial charge < -0.3 is 10.4 Å². The Bertz CT molecular complexity index is 348. The Balaban J connectivity index is 1.65. The summed E-state index contributed by atoms with van der Waals surface area (Å²) in [6, 6.07) is 4.75. The molecule has 0 spiro atoms. The van der Waals surface area contributed by atoms with Gasteiger partial charge in [0.25, 0.3) is 0 Å². The van der Waals surface area contributed by atoms with E-state index in [-0.39, 0.29) is 6.10 Å². The maximum absolute atomic E-state index is 9.23. The van der Waals surface area contributed by atoms with Gasteiger partial charge in [0.2, 0.25) is 0 Å². The molecule has 0 radical (unpaired) electrons. The molecule has 0 aliphatic carbocycles. The van der Waals surface area contributed by atoms with Crippen LogP contribution in [0.2, 0.25) is 0 Å². The second-order valence-electron chi connectivity index (χ2n) is 5.50. The summed E-state index contributed by atoms with van der Waals surface area (Å²) < 4.78 is 0. The number of piperidine rings is 1. The molecule has 0 saturated carbocycles. The van der Waals surface area contributed by atoms with Crippen molar-refractivity contribution >= 4 is 0 Å². The predicted octanol–water partition coefficient (Wildman–Crippen LogP) is 1.41. The molecule has 1 aliphatic rings. The Hall–Kier alpha value is -0.970. The van der Waals surface area contributed by atoms with Crippen LogP contribution in [0, 0.1) is 0 Å². The number of hydrogen-bond donors (Lipinski definition) is 2. The van der Waals surface area contributed by atoms with Crippen molar-refractivity contribution in [3.8, 4) is 0 Å². The predicted molar refractivity (Wildman–Crippen MR) is 76.8 cm³/mol. The molecular formula is C15H25N3O. The van der Waals surface area contributed by atoms with E-state index in [9.17, 15) is 5.11 Å². The van der Waals surface area contributed by atoms with Crippen LogP contribution in [0.3, 0.4) is 0 Å². The van der Waals surface area contributed by atoms with Crippen LogP contribution in [-0.2, 0) is 6.54 Å². The average Bonchev–Trinajstić information content (AvgIpc) is 2.42. The molecule has 4 nitrogen and oxygen atoms in total. The molecule has 1 unspecified atom stereocenters.